The Hall–Kier alpha value is -1.91. The van der Waals surface area contributed by atoms with Gasteiger partial charge in [0.2, 0.25) is 0 Å². The highest BCUT2D eigenvalue weighted by atomic mass is 35.5. The maximum absolute atomic E-state index is 12.1. The molecule has 0 bridgehead atoms. The molecule has 0 aliphatic carbocycles. The molecule has 1 heterocycles. The van der Waals surface area contributed by atoms with E-state index in [1.165, 1.54) is 0 Å². The molecule has 0 fully saturated rings. The number of benzene rings is 1. The van der Waals surface area contributed by atoms with Crippen molar-refractivity contribution in [3.63, 3.8) is 0 Å². The second kappa shape index (κ2) is 7.38. The zero-order valence-electron chi connectivity index (χ0n) is 12.8. The van der Waals surface area contributed by atoms with E-state index in [-0.39, 0.29) is 18.5 Å². The summed E-state index contributed by atoms with van der Waals surface area (Å²) in [6.07, 6.45) is 1.51. The van der Waals surface area contributed by atoms with Crippen LogP contribution in [-0.4, -0.2) is 18.1 Å². The largest absolute Gasteiger partial charge is 0.426 e. The minimum atomic E-state index is -0.363. The number of aromatic nitrogens is 1. The van der Waals surface area contributed by atoms with Crippen LogP contribution >= 0.6 is 11.6 Å². The van der Waals surface area contributed by atoms with Gasteiger partial charge in [0.25, 0.3) is 0 Å². The van der Waals surface area contributed by atoms with Gasteiger partial charge in [0.1, 0.15) is 5.75 Å². The van der Waals surface area contributed by atoms with Crippen molar-refractivity contribution < 1.29 is 14.3 Å². The van der Waals surface area contributed by atoms with Gasteiger partial charge in [-0.25, -0.2) is 0 Å². The summed E-state index contributed by atoms with van der Waals surface area (Å²) in [5, 5.41) is 0.527. The Morgan fingerprint density at radius 2 is 2.00 bits per heavy atom. The number of methoxy groups -OCH3 is 1. The first-order valence-electron chi connectivity index (χ1n) is 6.95. The standard InChI is InChI=1S/C17H18ClNO3/c1-11-17(18)16(12(2)21-3)13(10-19-11)9-15(20)22-14-7-5-4-6-8-14/h4-8,10,12H,9H2,1-3H3. The van der Waals surface area contributed by atoms with Crippen LogP contribution in [0, 0.1) is 6.92 Å². The highest BCUT2D eigenvalue weighted by Gasteiger charge is 2.19. The molecule has 116 valence electrons. The Morgan fingerprint density at radius 3 is 2.64 bits per heavy atom. The predicted octanol–water partition coefficient (Wildman–Crippen LogP) is 3.90. The van der Waals surface area contributed by atoms with E-state index in [1.807, 2.05) is 32.0 Å². The molecule has 0 aliphatic heterocycles. The highest BCUT2D eigenvalue weighted by molar-refractivity contribution is 6.32. The van der Waals surface area contributed by atoms with E-state index in [2.05, 4.69) is 4.98 Å². The average molecular weight is 320 g/mol. The van der Waals surface area contributed by atoms with Crippen molar-refractivity contribution in [1.82, 2.24) is 4.98 Å². The van der Waals surface area contributed by atoms with E-state index in [4.69, 9.17) is 21.1 Å². The molecule has 0 radical (unpaired) electrons. The molecule has 1 aromatic heterocycles. The topological polar surface area (TPSA) is 48.4 Å². The summed E-state index contributed by atoms with van der Waals surface area (Å²) in [4.78, 5) is 16.3. The van der Waals surface area contributed by atoms with E-state index in [0.717, 1.165) is 5.56 Å². The van der Waals surface area contributed by atoms with Crippen molar-refractivity contribution in [2.24, 2.45) is 0 Å². The lowest BCUT2D eigenvalue weighted by molar-refractivity contribution is -0.133. The molecular formula is C17H18ClNO3. The molecule has 1 atom stereocenters. The Kier molecular flexibility index (Phi) is 5.52. The van der Waals surface area contributed by atoms with Gasteiger partial charge in [-0.15, -0.1) is 0 Å². The van der Waals surface area contributed by atoms with Crippen LogP contribution in [0.3, 0.4) is 0 Å². The number of nitrogens with zero attached hydrogens (tertiary/aromatic N) is 1. The molecule has 2 rings (SSSR count). The summed E-state index contributed by atoms with van der Waals surface area (Å²) >= 11 is 6.32. The molecule has 22 heavy (non-hydrogen) atoms. The van der Waals surface area contributed by atoms with Crippen LogP contribution in [0.5, 0.6) is 5.75 Å². The second-order valence-corrected chi connectivity index (χ2v) is 5.32. The van der Waals surface area contributed by atoms with Crippen LogP contribution < -0.4 is 4.74 Å². The average Bonchev–Trinajstić information content (AvgIpc) is 2.51. The fraction of sp³-hybridized carbons (Fsp3) is 0.294. The Morgan fingerprint density at radius 1 is 1.32 bits per heavy atom. The summed E-state index contributed by atoms with van der Waals surface area (Å²) in [7, 11) is 1.60. The van der Waals surface area contributed by atoms with Gasteiger partial charge < -0.3 is 9.47 Å². The van der Waals surface area contributed by atoms with Gasteiger partial charge in [-0.05, 0) is 31.5 Å². The van der Waals surface area contributed by atoms with Crippen LogP contribution in [0.15, 0.2) is 36.5 Å². The smallest absolute Gasteiger partial charge is 0.315 e. The maximum atomic E-state index is 12.1. The number of para-hydroxylation sites is 1. The van der Waals surface area contributed by atoms with E-state index in [9.17, 15) is 4.79 Å². The van der Waals surface area contributed by atoms with Crippen molar-refractivity contribution in [2.75, 3.05) is 7.11 Å². The van der Waals surface area contributed by atoms with Crippen molar-refractivity contribution in [1.29, 1.82) is 0 Å². The van der Waals surface area contributed by atoms with Crippen LogP contribution in [0.4, 0.5) is 0 Å². The molecular weight excluding hydrogens is 302 g/mol. The van der Waals surface area contributed by atoms with Crippen LogP contribution in [0.1, 0.15) is 29.8 Å². The predicted molar refractivity (Wildman–Crippen MR) is 85.2 cm³/mol. The molecule has 0 amide bonds. The van der Waals surface area contributed by atoms with E-state index in [1.54, 1.807) is 25.4 Å². The lowest BCUT2D eigenvalue weighted by atomic mass is 10.0. The molecule has 1 aromatic carbocycles. The van der Waals surface area contributed by atoms with Crippen molar-refractivity contribution in [3.05, 3.63) is 58.4 Å². The van der Waals surface area contributed by atoms with Gasteiger partial charge in [0.15, 0.2) is 0 Å². The number of carbonyl (C=O) groups is 1. The number of carbonyl (C=O) groups excluding carboxylic acids is 1. The van der Waals surface area contributed by atoms with E-state index < -0.39 is 0 Å². The van der Waals surface area contributed by atoms with Crippen molar-refractivity contribution in [3.8, 4) is 5.75 Å². The first-order chi connectivity index (χ1) is 10.5. The third-order valence-electron chi connectivity index (χ3n) is 3.38. The third kappa shape index (κ3) is 3.84. The number of esters is 1. The molecule has 0 spiro atoms. The summed E-state index contributed by atoms with van der Waals surface area (Å²) in [6, 6.07) is 8.95. The molecule has 5 heteroatoms. The van der Waals surface area contributed by atoms with Crippen LogP contribution in [0.25, 0.3) is 0 Å². The number of ether oxygens (including phenoxy) is 2. The molecule has 0 saturated heterocycles. The number of hydrogen-bond acceptors (Lipinski definition) is 4. The number of hydrogen-bond donors (Lipinski definition) is 0. The number of halogens is 1. The summed E-state index contributed by atoms with van der Waals surface area (Å²) in [6.45, 7) is 3.70. The molecule has 0 N–H and O–H groups in total. The second-order valence-electron chi connectivity index (χ2n) is 4.94. The lowest BCUT2D eigenvalue weighted by Crippen LogP contribution is -2.14. The highest BCUT2D eigenvalue weighted by Crippen LogP contribution is 2.30. The van der Waals surface area contributed by atoms with Gasteiger partial charge in [-0.3, -0.25) is 9.78 Å². The van der Waals surface area contributed by atoms with Crippen molar-refractivity contribution in [2.45, 2.75) is 26.4 Å². The monoisotopic (exact) mass is 319 g/mol. The summed E-state index contributed by atoms with van der Waals surface area (Å²) in [5.41, 5.74) is 2.20. The molecule has 2 aromatic rings. The number of pyridine rings is 1. The van der Waals surface area contributed by atoms with E-state index in [0.29, 0.717) is 22.0 Å². The summed E-state index contributed by atoms with van der Waals surface area (Å²) < 4.78 is 10.7. The molecule has 0 saturated carbocycles. The van der Waals surface area contributed by atoms with Gasteiger partial charge in [-0.2, -0.15) is 0 Å². The SMILES string of the molecule is COC(C)c1c(CC(=O)Oc2ccccc2)cnc(C)c1Cl. The van der Waals surface area contributed by atoms with E-state index >= 15 is 0 Å². The lowest BCUT2D eigenvalue weighted by Gasteiger charge is -2.17. The zero-order valence-corrected chi connectivity index (χ0v) is 13.6. The minimum absolute atomic E-state index is 0.0882. The molecule has 0 aliphatic rings. The van der Waals surface area contributed by atoms with Crippen LogP contribution in [-0.2, 0) is 16.0 Å². The maximum Gasteiger partial charge on any atom is 0.315 e. The Balaban J connectivity index is 2.22. The fourth-order valence-electron chi connectivity index (χ4n) is 2.15. The fourth-order valence-corrected chi connectivity index (χ4v) is 2.47. The number of rotatable bonds is 5. The zero-order chi connectivity index (χ0) is 16.1. The quantitative estimate of drug-likeness (QED) is 0.619. The molecule has 4 nitrogen and oxygen atoms in total. The minimum Gasteiger partial charge on any atom is -0.426 e. The van der Waals surface area contributed by atoms with Gasteiger partial charge >= 0.3 is 5.97 Å². The normalized spacial score (nSPS) is 12.0. The Labute approximate surface area is 135 Å². The van der Waals surface area contributed by atoms with Gasteiger partial charge in [-0.1, -0.05) is 29.8 Å². The first-order valence-corrected chi connectivity index (χ1v) is 7.33. The van der Waals surface area contributed by atoms with Crippen molar-refractivity contribution >= 4 is 17.6 Å². The summed E-state index contributed by atoms with van der Waals surface area (Å²) in [5.74, 6) is 0.150. The first kappa shape index (κ1) is 16.5. The van der Waals surface area contributed by atoms with Crippen LogP contribution in [0.2, 0.25) is 5.02 Å². The molecule has 1 unspecified atom stereocenters. The number of aryl methyl sites for hydroxylation is 1. The van der Waals surface area contributed by atoms with Gasteiger partial charge in [0.05, 0.1) is 23.2 Å². The Bertz CT molecular complexity index is 658. The van der Waals surface area contributed by atoms with Gasteiger partial charge in [0, 0.05) is 18.9 Å². The third-order valence-corrected chi connectivity index (χ3v) is 3.86.